The van der Waals surface area contributed by atoms with Crippen LogP contribution in [0.3, 0.4) is 0 Å². The maximum absolute atomic E-state index is 2.30. The van der Waals surface area contributed by atoms with Crippen molar-refractivity contribution in [3.63, 3.8) is 0 Å². The summed E-state index contributed by atoms with van der Waals surface area (Å²) in [5.74, 6) is 0. The molecule has 1 heteroatoms. The summed E-state index contributed by atoms with van der Waals surface area (Å²) >= 11 is 0. The second kappa shape index (κ2) is 2.10. The van der Waals surface area contributed by atoms with E-state index in [0.717, 1.165) is 5.54 Å². The molecular formula is C9H10Si. The van der Waals surface area contributed by atoms with Crippen molar-refractivity contribution in [1.82, 2.24) is 0 Å². The predicted molar refractivity (Wildman–Crippen MR) is 48.2 cm³/mol. The average molecular weight is 146 g/mol. The molecular weight excluding hydrogens is 136 g/mol. The second-order valence-electron chi connectivity index (χ2n) is 2.78. The van der Waals surface area contributed by atoms with Crippen molar-refractivity contribution in [2.45, 2.75) is 5.54 Å². The quantitative estimate of drug-likeness (QED) is 0.481. The molecule has 10 heavy (non-hydrogen) atoms. The molecule has 1 aliphatic carbocycles. The molecule has 0 nitrogen and oxygen atoms in total. The fourth-order valence-electron chi connectivity index (χ4n) is 1.43. The number of fused-ring (bicyclic) bond motifs is 1. The minimum absolute atomic E-state index is 0.760. The highest BCUT2D eigenvalue weighted by Crippen LogP contribution is 2.26. The Labute approximate surface area is 64.0 Å². The highest BCUT2D eigenvalue weighted by Gasteiger charge is 2.09. The third-order valence-electron chi connectivity index (χ3n) is 2.05. The Balaban J connectivity index is 2.59. The van der Waals surface area contributed by atoms with Crippen molar-refractivity contribution >= 4 is 16.3 Å². The third-order valence-corrected chi connectivity index (χ3v) is 3.06. The molecule has 0 N–H and O–H groups in total. The average Bonchev–Trinajstić information content (AvgIpc) is 2.34. The van der Waals surface area contributed by atoms with Crippen LogP contribution < -0.4 is 0 Å². The van der Waals surface area contributed by atoms with Gasteiger partial charge in [0.15, 0.2) is 0 Å². The summed E-state index contributed by atoms with van der Waals surface area (Å²) in [4.78, 5) is 0. The van der Waals surface area contributed by atoms with Gasteiger partial charge in [-0.2, -0.15) is 0 Å². The van der Waals surface area contributed by atoms with E-state index in [9.17, 15) is 0 Å². The monoisotopic (exact) mass is 146 g/mol. The number of hydrogen-bond donors (Lipinski definition) is 0. The first-order chi connectivity index (χ1) is 4.88. The number of rotatable bonds is 0. The van der Waals surface area contributed by atoms with Gasteiger partial charge in [0.25, 0.3) is 0 Å². The normalized spacial score (nSPS) is 21.4. The molecule has 0 amide bonds. The maximum atomic E-state index is 2.30. The Hall–Kier alpha value is -0.823. The van der Waals surface area contributed by atoms with E-state index in [1.54, 1.807) is 0 Å². The van der Waals surface area contributed by atoms with E-state index in [4.69, 9.17) is 0 Å². The number of allylic oxidation sites excluding steroid dienone is 1. The van der Waals surface area contributed by atoms with Crippen LogP contribution >= 0.6 is 0 Å². The number of benzene rings is 1. The molecule has 0 bridgehead atoms. The molecule has 1 unspecified atom stereocenters. The van der Waals surface area contributed by atoms with Gasteiger partial charge in [0.05, 0.1) is 0 Å². The van der Waals surface area contributed by atoms with Crippen molar-refractivity contribution < 1.29 is 0 Å². The lowest BCUT2D eigenvalue weighted by atomic mass is 10.1. The Morgan fingerprint density at radius 2 is 2.00 bits per heavy atom. The molecule has 1 aromatic rings. The summed E-state index contributed by atoms with van der Waals surface area (Å²) in [5, 5.41) is 0. The largest absolute Gasteiger partial charge is 0.0801 e. The van der Waals surface area contributed by atoms with Crippen LogP contribution in [0.2, 0.25) is 0 Å². The van der Waals surface area contributed by atoms with E-state index in [1.807, 2.05) is 0 Å². The molecule has 2 rings (SSSR count). The van der Waals surface area contributed by atoms with Crippen LogP contribution in [0.1, 0.15) is 16.7 Å². The molecule has 0 heterocycles. The zero-order valence-corrected chi connectivity index (χ0v) is 8.04. The van der Waals surface area contributed by atoms with Crippen LogP contribution in [0.4, 0.5) is 0 Å². The van der Waals surface area contributed by atoms with Gasteiger partial charge in [0, 0.05) is 10.2 Å². The third kappa shape index (κ3) is 0.745. The van der Waals surface area contributed by atoms with Crippen LogP contribution in [-0.2, 0) is 0 Å². The summed E-state index contributed by atoms with van der Waals surface area (Å²) in [6.07, 6.45) is 4.53. The van der Waals surface area contributed by atoms with Crippen LogP contribution in [0, 0.1) is 0 Å². The van der Waals surface area contributed by atoms with Crippen molar-refractivity contribution in [3.05, 3.63) is 41.5 Å². The Kier molecular flexibility index (Phi) is 1.24. The Morgan fingerprint density at radius 3 is 2.80 bits per heavy atom. The van der Waals surface area contributed by atoms with Crippen LogP contribution in [0.25, 0.3) is 6.08 Å². The van der Waals surface area contributed by atoms with Gasteiger partial charge in [-0.3, -0.25) is 0 Å². The van der Waals surface area contributed by atoms with Gasteiger partial charge >= 0.3 is 0 Å². The lowest BCUT2D eigenvalue weighted by molar-refractivity contribution is 1.25. The molecule has 0 aromatic heterocycles. The Bertz CT molecular complexity index is 276. The summed E-state index contributed by atoms with van der Waals surface area (Å²) in [5.41, 5.74) is 3.70. The molecule has 0 spiro atoms. The molecule has 0 radical (unpaired) electrons. The van der Waals surface area contributed by atoms with E-state index < -0.39 is 0 Å². The standard InChI is InChI=1S/C9H10Si/c10-9-6-5-7-3-1-2-4-8(7)9/h1-6,9H,10H3. The number of hydrogen-bond acceptors (Lipinski definition) is 0. The van der Waals surface area contributed by atoms with Crippen molar-refractivity contribution in [2.24, 2.45) is 0 Å². The van der Waals surface area contributed by atoms with Gasteiger partial charge in [-0.05, 0) is 16.7 Å². The Morgan fingerprint density at radius 1 is 1.20 bits per heavy atom. The van der Waals surface area contributed by atoms with Gasteiger partial charge < -0.3 is 0 Å². The summed E-state index contributed by atoms with van der Waals surface area (Å²) < 4.78 is 0. The first-order valence-electron chi connectivity index (χ1n) is 3.65. The topological polar surface area (TPSA) is 0 Å². The molecule has 50 valence electrons. The van der Waals surface area contributed by atoms with Gasteiger partial charge in [-0.15, -0.1) is 0 Å². The van der Waals surface area contributed by atoms with E-state index in [-0.39, 0.29) is 0 Å². The van der Waals surface area contributed by atoms with Crippen molar-refractivity contribution in [1.29, 1.82) is 0 Å². The zero-order valence-electron chi connectivity index (χ0n) is 6.04. The summed E-state index contributed by atoms with van der Waals surface area (Å²) in [7, 11) is 1.24. The minimum Gasteiger partial charge on any atom is -0.0801 e. The lowest BCUT2D eigenvalue weighted by Gasteiger charge is -2.01. The van der Waals surface area contributed by atoms with E-state index in [0.29, 0.717) is 0 Å². The summed E-state index contributed by atoms with van der Waals surface area (Å²) in [6, 6.07) is 8.64. The van der Waals surface area contributed by atoms with E-state index in [1.165, 1.54) is 21.4 Å². The molecule has 0 saturated carbocycles. The van der Waals surface area contributed by atoms with Crippen LogP contribution in [0.5, 0.6) is 0 Å². The van der Waals surface area contributed by atoms with E-state index >= 15 is 0 Å². The second-order valence-corrected chi connectivity index (χ2v) is 4.02. The zero-order chi connectivity index (χ0) is 6.97. The van der Waals surface area contributed by atoms with Gasteiger partial charge in [-0.25, -0.2) is 0 Å². The molecule has 1 aliphatic rings. The molecule has 1 atom stereocenters. The highest BCUT2D eigenvalue weighted by atomic mass is 28.1. The van der Waals surface area contributed by atoms with Crippen molar-refractivity contribution in [3.8, 4) is 0 Å². The fraction of sp³-hybridized carbons (Fsp3) is 0.111. The van der Waals surface area contributed by atoms with Crippen LogP contribution in [0.15, 0.2) is 30.3 Å². The fourth-order valence-corrected chi connectivity index (χ4v) is 2.15. The summed E-state index contributed by atoms with van der Waals surface area (Å²) in [6.45, 7) is 0. The predicted octanol–water partition coefficient (Wildman–Crippen LogP) is 1.12. The molecule has 0 aliphatic heterocycles. The highest BCUT2D eigenvalue weighted by molar-refractivity contribution is 6.15. The first kappa shape index (κ1) is 5.92. The SMILES string of the molecule is [SiH3]C1C=Cc2ccccc21. The van der Waals surface area contributed by atoms with Gasteiger partial charge in [-0.1, -0.05) is 36.4 Å². The minimum atomic E-state index is 0.760. The van der Waals surface area contributed by atoms with Gasteiger partial charge in [0.2, 0.25) is 0 Å². The van der Waals surface area contributed by atoms with Crippen LogP contribution in [-0.4, -0.2) is 10.2 Å². The molecule has 1 aromatic carbocycles. The smallest absolute Gasteiger partial charge is 0.0171 e. The van der Waals surface area contributed by atoms with E-state index in [2.05, 4.69) is 36.4 Å². The maximum Gasteiger partial charge on any atom is 0.0171 e. The lowest BCUT2D eigenvalue weighted by Crippen LogP contribution is -1.89. The van der Waals surface area contributed by atoms with Crippen molar-refractivity contribution in [2.75, 3.05) is 0 Å². The first-order valence-corrected chi connectivity index (χ1v) is 4.80. The molecule has 0 fully saturated rings. The van der Waals surface area contributed by atoms with Gasteiger partial charge in [0.1, 0.15) is 0 Å². The molecule has 0 saturated heterocycles.